The number of hydrogen-bond donors (Lipinski definition) is 1. The van der Waals surface area contributed by atoms with Crippen molar-refractivity contribution in [1.82, 2.24) is 19.8 Å². The summed E-state index contributed by atoms with van der Waals surface area (Å²) in [5.74, 6) is 1.58. The van der Waals surface area contributed by atoms with Crippen LogP contribution in [-0.2, 0) is 11.8 Å². The number of amides is 1. The summed E-state index contributed by atoms with van der Waals surface area (Å²) in [6, 6.07) is 6.38. The fourth-order valence-electron chi connectivity index (χ4n) is 3.02. The van der Waals surface area contributed by atoms with Gasteiger partial charge in [0, 0.05) is 44.0 Å². The number of carbonyl (C=O) groups excluding carboxylic acids is 1. The fourth-order valence-corrected chi connectivity index (χ4v) is 4.03. The summed E-state index contributed by atoms with van der Waals surface area (Å²) in [7, 11) is 1.98. The maximum atomic E-state index is 12.8. The van der Waals surface area contributed by atoms with E-state index in [0.29, 0.717) is 5.75 Å². The topological polar surface area (TPSA) is 50.2 Å². The highest BCUT2D eigenvalue weighted by atomic mass is 35.5. The van der Waals surface area contributed by atoms with Gasteiger partial charge in [-0.2, -0.15) is 0 Å². The maximum absolute atomic E-state index is 12.8. The van der Waals surface area contributed by atoms with Crippen molar-refractivity contribution in [2.45, 2.75) is 24.8 Å². The summed E-state index contributed by atoms with van der Waals surface area (Å²) in [5.41, 5.74) is 2.45. The van der Waals surface area contributed by atoms with Crippen LogP contribution in [0.2, 0.25) is 0 Å². The standard InChI is InChI=1S/C18H24N4OS.ClH/c1-13-4-5-14(2)16(10-13)24-12-17(23)22-9-6-19-11-15(22)18-20-7-8-21(18)3;/h4-5,7-8,10,15,19H,6,9,11-12H2,1-3H3;1H. The number of nitrogens with one attached hydrogen (secondary N) is 1. The number of aryl methyl sites for hydroxylation is 3. The molecule has 7 heteroatoms. The smallest absolute Gasteiger partial charge is 0.233 e. The predicted octanol–water partition coefficient (Wildman–Crippen LogP) is 2.72. The Morgan fingerprint density at radius 3 is 2.92 bits per heavy atom. The van der Waals surface area contributed by atoms with Crippen molar-refractivity contribution in [3.63, 3.8) is 0 Å². The Morgan fingerprint density at radius 2 is 2.20 bits per heavy atom. The van der Waals surface area contributed by atoms with Crippen LogP contribution >= 0.6 is 24.2 Å². The number of halogens is 1. The minimum atomic E-state index is 0. The first-order chi connectivity index (χ1) is 11.6. The highest BCUT2D eigenvalue weighted by Gasteiger charge is 2.30. The van der Waals surface area contributed by atoms with Crippen LogP contribution in [0.5, 0.6) is 0 Å². The molecule has 25 heavy (non-hydrogen) atoms. The van der Waals surface area contributed by atoms with E-state index < -0.39 is 0 Å². The number of nitrogens with zero attached hydrogens (tertiary/aromatic N) is 3. The van der Waals surface area contributed by atoms with Crippen LogP contribution in [0, 0.1) is 13.8 Å². The van der Waals surface area contributed by atoms with E-state index in [1.54, 1.807) is 18.0 Å². The van der Waals surface area contributed by atoms with Crippen LogP contribution in [0.25, 0.3) is 0 Å². The van der Waals surface area contributed by atoms with Crippen molar-refractivity contribution in [2.24, 2.45) is 7.05 Å². The monoisotopic (exact) mass is 380 g/mol. The Balaban J connectivity index is 0.00000225. The van der Waals surface area contributed by atoms with Gasteiger partial charge in [-0.05, 0) is 25.5 Å². The lowest BCUT2D eigenvalue weighted by Gasteiger charge is -2.35. The number of thioether (sulfide) groups is 1. The molecule has 5 nitrogen and oxygen atoms in total. The lowest BCUT2D eigenvalue weighted by Crippen LogP contribution is -2.50. The molecule has 2 heterocycles. The van der Waals surface area contributed by atoms with E-state index in [-0.39, 0.29) is 24.4 Å². The van der Waals surface area contributed by atoms with Gasteiger partial charge in [0.2, 0.25) is 5.91 Å². The Labute approximate surface area is 159 Å². The second-order valence-corrected chi connectivity index (χ2v) is 7.28. The molecular weight excluding hydrogens is 356 g/mol. The first-order valence-corrected chi connectivity index (χ1v) is 9.22. The van der Waals surface area contributed by atoms with Crippen LogP contribution in [0.15, 0.2) is 35.5 Å². The lowest BCUT2D eigenvalue weighted by atomic mass is 10.1. The molecule has 1 aliphatic heterocycles. The van der Waals surface area contributed by atoms with Crippen molar-refractivity contribution in [1.29, 1.82) is 0 Å². The highest BCUT2D eigenvalue weighted by molar-refractivity contribution is 8.00. The van der Waals surface area contributed by atoms with Gasteiger partial charge in [0.1, 0.15) is 11.9 Å². The molecule has 0 saturated carbocycles. The van der Waals surface area contributed by atoms with Gasteiger partial charge in [-0.25, -0.2) is 4.98 Å². The van der Waals surface area contributed by atoms with Gasteiger partial charge in [-0.3, -0.25) is 4.79 Å². The molecule has 1 saturated heterocycles. The Morgan fingerprint density at radius 1 is 1.40 bits per heavy atom. The van der Waals surface area contributed by atoms with Gasteiger partial charge >= 0.3 is 0 Å². The molecule has 136 valence electrons. The number of benzene rings is 1. The molecule has 0 spiro atoms. The van der Waals surface area contributed by atoms with E-state index in [0.717, 1.165) is 25.5 Å². The molecule has 2 aromatic rings. The number of piperazine rings is 1. The molecular formula is C18H25ClN4OS. The molecule has 1 aliphatic rings. The quantitative estimate of drug-likeness (QED) is 0.828. The van der Waals surface area contributed by atoms with Gasteiger partial charge in [-0.15, -0.1) is 24.2 Å². The van der Waals surface area contributed by atoms with Gasteiger partial charge in [0.15, 0.2) is 0 Å². The third-order valence-corrected chi connectivity index (χ3v) is 5.56. The van der Waals surface area contributed by atoms with E-state index in [2.05, 4.69) is 42.3 Å². The van der Waals surface area contributed by atoms with Crippen LogP contribution in [0.1, 0.15) is 23.0 Å². The molecule has 1 amide bonds. The number of rotatable bonds is 4. The second-order valence-electron chi connectivity index (χ2n) is 6.26. The van der Waals surface area contributed by atoms with Gasteiger partial charge in [0.05, 0.1) is 5.75 Å². The SMILES string of the molecule is Cc1ccc(C)c(SCC(=O)N2CCNCC2c2nccn2C)c1.Cl. The maximum Gasteiger partial charge on any atom is 0.233 e. The van der Waals surface area contributed by atoms with Crippen LogP contribution in [0.3, 0.4) is 0 Å². The van der Waals surface area contributed by atoms with E-state index in [1.165, 1.54) is 16.0 Å². The van der Waals surface area contributed by atoms with Crippen molar-refractivity contribution in [3.05, 3.63) is 47.5 Å². The van der Waals surface area contributed by atoms with Gasteiger partial charge < -0.3 is 14.8 Å². The second kappa shape index (κ2) is 8.74. The molecule has 1 unspecified atom stereocenters. The Kier molecular flexibility index (Phi) is 6.93. The zero-order valence-electron chi connectivity index (χ0n) is 14.9. The zero-order chi connectivity index (χ0) is 17.1. The largest absolute Gasteiger partial charge is 0.336 e. The van der Waals surface area contributed by atoms with Crippen molar-refractivity contribution in [2.75, 3.05) is 25.4 Å². The number of hydrogen-bond acceptors (Lipinski definition) is 4. The average Bonchev–Trinajstić information content (AvgIpc) is 3.01. The number of aromatic nitrogens is 2. The molecule has 1 N–H and O–H groups in total. The number of imidazole rings is 1. The van der Waals surface area contributed by atoms with E-state index in [9.17, 15) is 4.79 Å². The predicted molar refractivity (Wildman–Crippen MR) is 104 cm³/mol. The summed E-state index contributed by atoms with van der Waals surface area (Å²) in [5, 5.41) is 3.37. The molecule has 0 bridgehead atoms. The van der Waals surface area contributed by atoms with E-state index >= 15 is 0 Å². The summed E-state index contributed by atoms with van der Waals surface area (Å²) >= 11 is 1.63. The number of carbonyl (C=O) groups is 1. The molecule has 3 rings (SSSR count). The summed E-state index contributed by atoms with van der Waals surface area (Å²) in [6.07, 6.45) is 3.72. The summed E-state index contributed by atoms with van der Waals surface area (Å²) in [6.45, 7) is 6.49. The lowest BCUT2D eigenvalue weighted by molar-refractivity contribution is -0.131. The highest BCUT2D eigenvalue weighted by Crippen LogP contribution is 2.26. The summed E-state index contributed by atoms with van der Waals surface area (Å²) < 4.78 is 2.00. The zero-order valence-corrected chi connectivity index (χ0v) is 16.5. The third-order valence-electron chi connectivity index (χ3n) is 4.42. The average molecular weight is 381 g/mol. The molecule has 0 radical (unpaired) electrons. The molecule has 1 fully saturated rings. The minimum Gasteiger partial charge on any atom is -0.336 e. The third kappa shape index (κ3) is 4.57. The summed E-state index contributed by atoms with van der Waals surface area (Å²) in [4.78, 5) is 20.4. The van der Waals surface area contributed by atoms with Crippen molar-refractivity contribution in [3.8, 4) is 0 Å². The van der Waals surface area contributed by atoms with Crippen molar-refractivity contribution >= 4 is 30.1 Å². The molecule has 1 aromatic carbocycles. The molecule has 0 aliphatic carbocycles. The first kappa shape index (κ1) is 19.8. The Bertz CT molecular complexity index is 734. The van der Waals surface area contributed by atoms with E-state index in [4.69, 9.17) is 0 Å². The first-order valence-electron chi connectivity index (χ1n) is 8.23. The fraction of sp³-hybridized carbons (Fsp3) is 0.444. The van der Waals surface area contributed by atoms with Crippen LogP contribution in [0.4, 0.5) is 0 Å². The Hall–Kier alpha value is -1.50. The molecule has 1 atom stereocenters. The van der Waals surface area contributed by atoms with Crippen LogP contribution < -0.4 is 5.32 Å². The van der Waals surface area contributed by atoms with Crippen LogP contribution in [-0.4, -0.2) is 45.7 Å². The van der Waals surface area contributed by atoms with Gasteiger partial charge in [0.25, 0.3) is 0 Å². The molecule has 1 aromatic heterocycles. The van der Waals surface area contributed by atoms with Gasteiger partial charge in [-0.1, -0.05) is 17.7 Å². The van der Waals surface area contributed by atoms with E-state index in [1.807, 2.05) is 22.7 Å². The van der Waals surface area contributed by atoms with Crippen molar-refractivity contribution < 1.29 is 4.79 Å². The normalized spacial score (nSPS) is 17.2. The minimum absolute atomic E-state index is 0.